The smallest absolute Gasteiger partial charge is 0.178 e. The predicted octanol–water partition coefficient (Wildman–Crippen LogP) is 2.38. The van der Waals surface area contributed by atoms with Crippen LogP contribution in [0.3, 0.4) is 0 Å². The summed E-state index contributed by atoms with van der Waals surface area (Å²) in [6.45, 7) is 0.415. The number of para-hydroxylation sites is 1. The number of imidazole rings is 1. The van der Waals surface area contributed by atoms with Crippen molar-refractivity contribution >= 4 is 22.0 Å². The van der Waals surface area contributed by atoms with E-state index in [2.05, 4.69) is 15.0 Å². The molecule has 0 saturated carbocycles. The minimum absolute atomic E-state index is 0.415. The molecule has 0 saturated heterocycles. The number of benzene rings is 1. The molecule has 0 amide bonds. The second kappa shape index (κ2) is 6.05. The minimum Gasteiger partial charge on any atom is -0.492 e. The zero-order valence-electron chi connectivity index (χ0n) is 11.6. The molecular formula is C15H15N3O2S. The van der Waals surface area contributed by atoms with E-state index in [-0.39, 0.29) is 0 Å². The Morgan fingerprint density at radius 2 is 2.10 bits per heavy atom. The predicted molar refractivity (Wildman–Crippen MR) is 83.8 cm³/mol. The molecule has 1 N–H and O–H groups in total. The zero-order chi connectivity index (χ0) is 14.7. The summed E-state index contributed by atoms with van der Waals surface area (Å²) in [7, 11) is -0.861. The van der Waals surface area contributed by atoms with Gasteiger partial charge in [0.05, 0.1) is 23.4 Å². The number of ether oxygens (including phenoxy) is 1. The Hall–Kier alpha value is -2.21. The number of hydrogen-bond donors (Lipinski definition) is 1. The van der Waals surface area contributed by atoms with Gasteiger partial charge in [0.25, 0.3) is 0 Å². The maximum atomic E-state index is 11.1. The van der Waals surface area contributed by atoms with Gasteiger partial charge in [-0.05, 0) is 24.3 Å². The van der Waals surface area contributed by atoms with Crippen LogP contribution in [0.4, 0.5) is 0 Å². The van der Waals surface area contributed by atoms with E-state index >= 15 is 0 Å². The van der Waals surface area contributed by atoms with Crippen LogP contribution >= 0.6 is 0 Å². The van der Waals surface area contributed by atoms with Gasteiger partial charge < -0.3 is 9.72 Å². The number of rotatable bonds is 5. The molecule has 0 bridgehead atoms. The van der Waals surface area contributed by atoms with Gasteiger partial charge >= 0.3 is 0 Å². The highest BCUT2D eigenvalue weighted by atomic mass is 32.2. The van der Waals surface area contributed by atoms with E-state index in [1.807, 2.05) is 36.4 Å². The SMILES string of the molecule is CS(=O)CCOc1ccccc1-c1nc2ncccc2[nH]1. The number of aromatic amines is 1. The van der Waals surface area contributed by atoms with E-state index in [1.165, 1.54) is 0 Å². The summed E-state index contributed by atoms with van der Waals surface area (Å²) >= 11 is 0. The number of hydrogen-bond acceptors (Lipinski definition) is 4. The Bertz CT molecular complexity index is 752. The fourth-order valence-electron chi connectivity index (χ4n) is 2.03. The Morgan fingerprint density at radius 1 is 1.24 bits per heavy atom. The Labute approximate surface area is 124 Å². The molecule has 6 heteroatoms. The van der Waals surface area contributed by atoms with Gasteiger partial charge in [0.1, 0.15) is 11.6 Å². The molecule has 0 radical (unpaired) electrons. The fraction of sp³-hybridized carbons (Fsp3) is 0.200. The van der Waals surface area contributed by atoms with E-state index in [0.29, 0.717) is 18.0 Å². The lowest BCUT2D eigenvalue weighted by molar-refractivity contribution is 0.344. The molecule has 1 unspecified atom stereocenters. The van der Waals surface area contributed by atoms with Crippen molar-refractivity contribution in [2.75, 3.05) is 18.6 Å². The van der Waals surface area contributed by atoms with Gasteiger partial charge in [0, 0.05) is 23.3 Å². The number of pyridine rings is 1. The van der Waals surface area contributed by atoms with Crippen LogP contribution in [-0.2, 0) is 10.8 Å². The second-order valence-corrected chi connectivity index (χ2v) is 6.14. The lowest BCUT2D eigenvalue weighted by Crippen LogP contribution is -2.07. The van der Waals surface area contributed by atoms with Crippen molar-refractivity contribution in [2.24, 2.45) is 0 Å². The molecule has 3 rings (SSSR count). The van der Waals surface area contributed by atoms with Crippen molar-refractivity contribution in [3.8, 4) is 17.1 Å². The van der Waals surface area contributed by atoms with Crippen LogP contribution in [0.2, 0.25) is 0 Å². The van der Waals surface area contributed by atoms with Crippen LogP contribution in [0.25, 0.3) is 22.6 Å². The van der Waals surface area contributed by atoms with Crippen molar-refractivity contribution in [2.45, 2.75) is 0 Å². The van der Waals surface area contributed by atoms with Crippen LogP contribution < -0.4 is 4.74 Å². The average Bonchev–Trinajstić information content (AvgIpc) is 2.91. The van der Waals surface area contributed by atoms with Crippen molar-refractivity contribution in [3.63, 3.8) is 0 Å². The van der Waals surface area contributed by atoms with E-state index in [1.54, 1.807) is 12.5 Å². The number of fused-ring (bicyclic) bond motifs is 1. The van der Waals surface area contributed by atoms with E-state index in [0.717, 1.165) is 22.7 Å². The second-order valence-electron chi connectivity index (χ2n) is 4.58. The average molecular weight is 301 g/mol. The van der Waals surface area contributed by atoms with Gasteiger partial charge in [-0.15, -0.1) is 0 Å². The highest BCUT2D eigenvalue weighted by Gasteiger charge is 2.11. The summed E-state index contributed by atoms with van der Waals surface area (Å²) in [5.74, 6) is 1.95. The number of nitrogens with one attached hydrogen (secondary N) is 1. The van der Waals surface area contributed by atoms with Crippen LogP contribution in [0, 0.1) is 0 Å². The standard InChI is InChI=1S/C15H15N3O2S/c1-21(19)10-9-20-13-7-3-2-5-11(13)14-17-12-6-4-8-16-15(12)18-14/h2-8H,9-10H2,1H3,(H,16,17,18). The van der Waals surface area contributed by atoms with E-state index in [4.69, 9.17) is 4.74 Å². The normalized spacial score (nSPS) is 12.4. The molecular weight excluding hydrogens is 286 g/mol. The lowest BCUT2D eigenvalue weighted by Gasteiger charge is -2.09. The van der Waals surface area contributed by atoms with E-state index in [9.17, 15) is 4.21 Å². The third-order valence-electron chi connectivity index (χ3n) is 3.03. The van der Waals surface area contributed by atoms with Gasteiger partial charge in [0.2, 0.25) is 0 Å². The Balaban J connectivity index is 1.92. The molecule has 3 aromatic rings. The molecule has 0 spiro atoms. The van der Waals surface area contributed by atoms with Crippen LogP contribution in [-0.4, -0.2) is 37.8 Å². The molecule has 5 nitrogen and oxygen atoms in total. The first kappa shape index (κ1) is 13.8. The number of aromatic nitrogens is 3. The van der Waals surface area contributed by atoms with Crippen molar-refractivity contribution in [1.29, 1.82) is 0 Å². The third-order valence-corrected chi connectivity index (χ3v) is 3.77. The van der Waals surface area contributed by atoms with Crippen LogP contribution in [0.1, 0.15) is 0 Å². The van der Waals surface area contributed by atoms with Crippen LogP contribution in [0.5, 0.6) is 5.75 Å². The van der Waals surface area contributed by atoms with Gasteiger partial charge in [-0.25, -0.2) is 9.97 Å². The molecule has 2 aromatic heterocycles. The molecule has 0 fully saturated rings. The zero-order valence-corrected chi connectivity index (χ0v) is 12.4. The van der Waals surface area contributed by atoms with Crippen molar-refractivity contribution in [1.82, 2.24) is 15.0 Å². The summed E-state index contributed by atoms with van der Waals surface area (Å²) in [4.78, 5) is 11.9. The summed E-state index contributed by atoms with van der Waals surface area (Å²) in [5, 5.41) is 0. The molecule has 0 aliphatic heterocycles. The highest BCUT2D eigenvalue weighted by molar-refractivity contribution is 7.84. The lowest BCUT2D eigenvalue weighted by atomic mass is 10.2. The van der Waals surface area contributed by atoms with E-state index < -0.39 is 10.8 Å². The summed E-state index contributed by atoms with van der Waals surface area (Å²) < 4.78 is 16.8. The Morgan fingerprint density at radius 3 is 2.90 bits per heavy atom. The first-order valence-electron chi connectivity index (χ1n) is 6.57. The summed E-state index contributed by atoms with van der Waals surface area (Å²) in [6, 6.07) is 11.5. The fourth-order valence-corrected chi connectivity index (χ4v) is 2.35. The quantitative estimate of drug-likeness (QED) is 0.785. The molecule has 1 atom stereocenters. The highest BCUT2D eigenvalue weighted by Crippen LogP contribution is 2.28. The van der Waals surface area contributed by atoms with Gasteiger partial charge in [-0.1, -0.05) is 12.1 Å². The topological polar surface area (TPSA) is 67.9 Å². The van der Waals surface area contributed by atoms with Crippen molar-refractivity contribution in [3.05, 3.63) is 42.6 Å². The summed E-state index contributed by atoms with van der Waals surface area (Å²) in [5.41, 5.74) is 2.44. The molecule has 0 aliphatic rings. The molecule has 2 heterocycles. The van der Waals surface area contributed by atoms with Crippen molar-refractivity contribution < 1.29 is 8.95 Å². The minimum atomic E-state index is -0.861. The summed E-state index contributed by atoms with van der Waals surface area (Å²) in [6.07, 6.45) is 3.38. The molecule has 21 heavy (non-hydrogen) atoms. The first-order chi connectivity index (χ1) is 10.2. The maximum Gasteiger partial charge on any atom is 0.178 e. The monoisotopic (exact) mass is 301 g/mol. The molecule has 1 aromatic carbocycles. The molecule has 108 valence electrons. The maximum absolute atomic E-state index is 11.1. The van der Waals surface area contributed by atoms with Gasteiger partial charge in [0.15, 0.2) is 5.65 Å². The first-order valence-corrected chi connectivity index (χ1v) is 8.30. The van der Waals surface area contributed by atoms with Crippen LogP contribution in [0.15, 0.2) is 42.6 Å². The number of nitrogens with zero attached hydrogens (tertiary/aromatic N) is 2. The van der Waals surface area contributed by atoms with Gasteiger partial charge in [-0.3, -0.25) is 4.21 Å². The van der Waals surface area contributed by atoms with Gasteiger partial charge in [-0.2, -0.15) is 0 Å². The number of H-pyrrole nitrogens is 1. The Kier molecular flexibility index (Phi) is 3.96. The molecule has 0 aliphatic carbocycles. The largest absolute Gasteiger partial charge is 0.492 e. The third kappa shape index (κ3) is 3.11.